The summed E-state index contributed by atoms with van der Waals surface area (Å²) in [4.78, 5) is 34.1. The number of amides is 1. The fourth-order valence-corrected chi connectivity index (χ4v) is 3.55. The first-order chi connectivity index (χ1) is 13.0. The lowest BCUT2D eigenvalue weighted by Crippen LogP contribution is -2.49. The minimum atomic E-state index is -0.140. The zero-order valence-corrected chi connectivity index (χ0v) is 15.6. The van der Waals surface area contributed by atoms with Crippen LogP contribution in [0.2, 0.25) is 0 Å². The first kappa shape index (κ1) is 17.3. The van der Waals surface area contributed by atoms with Gasteiger partial charge in [0.1, 0.15) is 11.5 Å². The van der Waals surface area contributed by atoms with E-state index in [0.717, 1.165) is 24.3 Å². The molecule has 3 aromatic rings. The molecule has 2 aromatic heterocycles. The summed E-state index contributed by atoms with van der Waals surface area (Å²) in [5, 5.41) is 1.43. The van der Waals surface area contributed by atoms with E-state index in [4.69, 9.17) is 0 Å². The van der Waals surface area contributed by atoms with E-state index in [0.29, 0.717) is 24.2 Å². The molecule has 1 aromatic carbocycles. The summed E-state index contributed by atoms with van der Waals surface area (Å²) in [6, 6.07) is 13.2. The number of nitrogens with zero attached hydrogens (tertiary/aromatic N) is 4. The van der Waals surface area contributed by atoms with Crippen LogP contribution in [-0.2, 0) is 7.05 Å². The van der Waals surface area contributed by atoms with Crippen LogP contribution in [-0.4, -0.2) is 46.5 Å². The van der Waals surface area contributed by atoms with Crippen molar-refractivity contribution in [1.82, 2.24) is 14.5 Å². The van der Waals surface area contributed by atoms with E-state index in [1.54, 1.807) is 13.1 Å². The number of aryl methyl sites for hydroxylation is 1. The van der Waals surface area contributed by atoms with Crippen LogP contribution in [0.15, 0.2) is 53.5 Å². The molecule has 1 aliphatic heterocycles. The Morgan fingerprint density at radius 1 is 1.04 bits per heavy atom. The number of carbonyl (C=O) groups is 1. The van der Waals surface area contributed by atoms with Gasteiger partial charge in [-0.3, -0.25) is 9.59 Å². The standard InChI is InChI=1S/C21H22N4O2/c1-15-7-8-22-19(13-15)24-9-11-25(12-10-24)21(27)18-14-16-5-3-4-6-17(16)20(26)23(18)2/h3-8,13-14H,9-12H2,1-2H3. The molecule has 4 rings (SSSR count). The van der Waals surface area contributed by atoms with Crippen molar-refractivity contribution in [3.05, 3.63) is 70.3 Å². The Kier molecular flexibility index (Phi) is 4.39. The van der Waals surface area contributed by atoms with Crippen LogP contribution in [0, 0.1) is 6.92 Å². The number of rotatable bonds is 2. The van der Waals surface area contributed by atoms with Crippen LogP contribution in [0.25, 0.3) is 10.8 Å². The molecule has 1 saturated heterocycles. The highest BCUT2D eigenvalue weighted by Gasteiger charge is 2.25. The average molecular weight is 362 g/mol. The number of aromatic nitrogens is 2. The molecule has 0 bridgehead atoms. The van der Waals surface area contributed by atoms with Crippen molar-refractivity contribution in [2.45, 2.75) is 6.92 Å². The van der Waals surface area contributed by atoms with E-state index in [1.807, 2.05) is 48.4 Å². The predicted octanol–water partition coefficient (Wildman–Crippen LogP) is 2.20. The van der Waals surface area contributed by atoms with Gasteiger partial charge in [0.05, 0.1) is 0 Å². The molecule has 0 spiro atoms. The molecule has 0 saturated carbocycles. The summed E-state index contributed by atoms with van der Waals surface area (Å²) in [5.41, 5.74) is 1.46. The highest BCUT2D eigenvalue weighted by atomic mass is 16.2. The number of hydrogen-bond donors (Lipinski definition) is 0. The van der Waals surface area contributed by atoms with Crippen molar-refractivity contribution >= 4 is 22.5 Å². The first-order valence-electron chi connectivity index (χ1n) is 9.10. The summed E-state index contributed by atoms with van der Waals surface area (Å²) in [7, 11) is 1.66. The molecule has 138 valence electrons. The molecule has 1 fully saturated rings. The summed E-state index contributed by atoms with van der Waals surface area (Å²) in [6.45, 7) is 4.71. The second kappa shape index (κ2) is 6.87. The van der Waals surface area contributed by atoms with E-state index < -0.39 is 0 Å². The molecule has 3 heterocycles. The van der Waals surface area contributed by atoms with Crippen LogP contribution in [0.5, 0.6) is 0 Å². The van der Waals surface area contributed by atoms with Gasteiger partial charge in [0, 0.05) is 44.8 Å². The number of carbonyl (C=O) groups excluding carboxylic acids is 1. The smallest absolute Gasteiger partial charge is 0.270 e. The van der Waals surface area contributed by atoms with Gasteiger partial charge in [-0.05, 0) is 42.1 Å². The lowest BCUT2D eigenvalue weighted by atomic mass is 10.1. The Bertz CT molecular complexity index is 1070. The molecule has 1 aliphatic rings. The zero-order chi connectivity index (χ0) is 19.0. The third kappa shape index (κ3) is 3.18. The van der Waals surface area contributed by atoms with Crippen molar-refractivity contribution in [2.75, 3.05) is 31.1 Å². The maximum atomic E-state index is 13.0. The molecule has 0 radical (unpaired) electrons. The quantitative estimate of drug-likeness (QED) is 0.701. The van der Waals surface area contributed by atoms with Gasteiger partial charge >= 0.3 is 0 Å². The number of fused-ring (bicyclic) bond motifs is 1. The van der Waals surface area contributed by atoms with Crippen molar-refractivity contribution in [1.29, 1.82) is 0 Å². The molecule has 0 unspecified atom stereocenters. The van der Waals surface area contributed by atoms with E-state index in [1.165, 1.54) is 10.1 Å². The third-order valence-electron chi connectivity index (χ3n) is 5.16. The van der Waals surface area contributed by atoms with Gasteiger partial charge in [-0.25, -0.2) is 4.98 Å². The van der Waals surface area contributed by atoms with Crippen LogP contribution < -0.4 is 10.5 Å². The van der Waals surface area contributed by atoms with Gasteiger partial charge in [-0.1, -0.05) is 18.2 Å². The maximum Gasteiger partial charge on any atom is 0.270 e. The number of anilines is 1. The van der Waals surface area contributed by atoms with Crippen LogP contribution >= 0.6 is 0 Å². The number of pyridine rings is 2. The zero-order valence-electron chi connectivity index (χ0n) is 15.6. The molecule has 1 amide bonds. The largest absolute Gasteiger partial charge is 0.353 e. The maximum absolute atomic E-state index is 13.0. The normalized spacial score (nSPS) is 14.6. The minimum Gasteiger partial charge on any atom is -0.353 e. The fourth-order valence-electron chi connectivity index (χ4n) is 3.55. The molecule has 0 N–H and O–H groups in total. The lowest BCUT2D eigenvalue weighted by molar-refractivity contribution is 0.0735. The molecular weight excluding hydrogens is 340 g/mol. The lowest BCUT2D eigenvalue weighted by Gasteiger charge is -2.35. The molecule has 0 aliphatic carbocycles. The Labute approximate surface area is 157 Å². The number of piperazine rings is 1. The van der Waals surface area contributed by atoms with E-state index in [2.05, 4.69) is 16.0 Å². The molecule has 0 atom stereocenters. The van der Waals surface area contributed by atoms with Crippen molar-refractivity contribution < 1.29 is 4.79 Å². The number of benzene rings is 1. The molecule has 6 nitrogen and oxygen atoms in total. The second-order valence-electron chi connectivity index (χ2n) is 6.95. The van der Waals surface area contributed by atoms with Crippen molar-refractivity contribution in [3.63, 3.8) is 0 Å². The molecular formula is C21H22N4O2. The minimum absolute atomic E-state index is 0.0998. The molecule has 27 heavy (non-hydrogen) atoms. The van der Waals surface area contributed by atoms with E-state index in [-0.39, 0.29) is 11.5 Å². The van der Waals surface area contributed by atoms with Crippen LogP contribution in [0.4, 0.5) is 5.82 Å². The summed E-state index contributed by atoms with van der Waals surface area (Å²) >= 11 is 0. The Balaban J connectivity index is 1.55. The van der Waals surface area contributed by atoms with Gasteiger partial charge in [-0.2, -0.15) is 0 Å². The fraction of sp³-hybridized carbons (Fsp3) is 0.286. The number of hydrogen-bond acceptors (Lipinski definition) is 4. The van der Waals surface area contributed by atoms with Crippen LogP contribution in [0.1, 0.15) is 16.1 Å². The Morgan fingerprint density at radius 2 is 1.78 bits per heavy atom. The SMILES string of the molecule is Cc1ccnc(N2CCN(C(=O)c3cc4ccccc4c(=O)n3C)CC2)c1. The van der Waals surface area contributed by atoms with E-state index in [9.17, 15) is 9.59 Å². The first-order valence-corrected chi connectivity index (χ1v) is 9.10. The molecule has 6 heteroatoms. The van der Waals surface area contributed by atoms with Gasteiger partial charge in [-0.15, -0.1) is 0 Å². The van der Waals surface area contributed by atoms with Gasteiger partial charge in [0.25, 0.3) is 11.5 Å². The highest BCUT2D eigenvalue weighted by Crippen LogP contribution is 2.17. The predicted molar refractivity (Wildman–Crippen MR) is 106 cm³/mol. The van der Waals surface area contributed by atoms with Crippen molar-refractivity contribution in [3.8, 4) is 0 Å². The topological polar surface area (TPSA) is 58.4 Å². The van der Waals surface area contributed by atoms with Gasteiger partial charge < -0.3 is 14.4 Å². The second-order valence-corrected chi connectivity index (χ2v) is 6.95. The van der Waals surface area contributed by atoms with Crippen LogP contribution in [0.3, 0.4) is 0 Å². The van der Waals surface area contributed by atoms with Gasteiger partial charge in [0.2, 0.25) is 0 Å². The highest BCUT2D eigenvalue weighted by molar-refractivity contribution is 5.96. The van der Waals surface area contributed by atoms with Crippen molar-refractivity contribution in [2.24, 2.45) is 7.05 Å². The summed E-state index contributed by atoms with van der Waals surface area (Å²) in [6.07, 6.45) is 1.81. The average Bonchev–Trinajstić information content (AvgIpc) is 2.70. The monoisotopic (exact) mass is 362 g/mol. The Hall–Kier alpha value is -3.15. The summed E-state index contributed by atoms with van der Waals surface area (Å²) < 4.78 is 1.46. The van der Waals surface area contributed by atoms with E-state index >= 15 is 0 Å². The Morgan fingerprint density at radius 3 is 2.52 bits per heavy atom. The van der Waals surface area contributed by atoms with Gasteiger partial charge in [0.15, 0.2) is 0 Å². The third-order valence-corrected chi connectivity index (χ3v) is 5.16. The summed E-state index contributed by atoms with van der Waals surface area (Å²) in [5.74, 6) is 0.845.